The largest absolute Gasteiger partial charge is 0.386 e. The Morgan fingerprint density at radius 2 is 1.53 bits per heavy atom. The van der Waals surface area contributed by atoms with Crippen LogP contribution in [0.2, 0.25) is 0 Å². The molecule has 0 amide bonds. The Morgan fingerprint density at radius 3 is 1.82 bits per heavy atom. The van der Waals surface area contributed by atoms with Crippen molar-refractivity contribution in [3.63, 3.8) is 0 Å². The molecule has 2 nitrogen and oxygen atoms in total. The fourth-order valence-electron chi connectivity index (χ4n) is 2.06. The van der Waals surface area contributed by atoms with Crippen LogP contribution in [0.5, 0.6) is 0 Å². The van der Waals surface area contributed by atoms with Crippen LogP contribution in [0.15, 0.2) is 24.5 Å². The topological polar surface area (TPSA) is 38.0 Å². The number of rotatable bonds is 4. The zero-order valence-electron chi connectivity index (χ0n) is 11.6. The minimum absolute atomic E-state index is 0.467. The van der Waals surface area contributed by atoms with Gasteiger partial charge in [-0.2, -0.15) is 0 Å². The average molecular weight is 232 g/mol. The Balaban J connectivity index is 3.41. The highest BCUT2D eigenvalue weighted by molar-refractivity contribution is 5.63. The SMILES string of the molecule is C=C(N)Nc1c(C(C)C)cc(C)cc1C(C)C. The van der Waals surface area contributed by atoms with E-state index >= 15 is 0 Å². The maximum absolute atomic E-state index is 5.70. The van der Waals surface area contributed by atoms with Crippen molar-refractivity contribution in [3.05, 3.63) is 41.2 Å². The van der Waals surface area contributed by atoms with Gasteiger partial charge in [0.25, 0.3) is 0 Å². The zero-order valence-corrected chi connectivity index (χ0v) is 11.6. The molecule has 0 aliphatic heterocycles. The van der Waals surface area contributed by atoms with Gasteiger partial charge in [0.15, 0.2) is 0 Å². The Hall–Kier alpha value is -1.44. The molecular weight excluding hydrogens is 208 g/mol. The monoisotopic (exact) mass is 232 g/mol. The van der Waals surface area contributed by atoms with E-state index in [-0.39, 0.29) is 0 Å². The maximum atomic E-state index is 5.70. The molecular formula is C15H24N2. The molecule has 94 valence electrons. The summed E-state index contributed by atoms with van der Waals surface area (Å²) in [4.78, 5) is 0. The van der Waals surface area contributed by atoms with E-state index in [1.165, 1.54) is 16.7 Å². The van der Waals surface area contributed by atoms with Gasteiger partial charge in [0.05, 0.1) is 5.82 Å². The van der Waals surface area contributed by atoms with Gasteiger partial charge in [0, 0.05) is 5.69 Å². The van der Waals surface area contributed by atoms with E-state index in [1.54, 1.807) is 0 Å². The summed E-state index contributed by atoms with van der Waals surface area (Å²) in [6.45, 7) is 14.7. The lowest BCUT2D eigenvalue weighted by molar-refractivity contribution is 0.834. The van der Waals surface area contributed by atoms with Crippen molar-refractivity contribution in [3.8, 4) is 0 Å². The van der Waals surface area contributed by atoms with E-state index in [1.807, 2.05) is 0 Å². The summed E-state index contributed by atoms with van der Waals surface area (Å²) < 4.78 is 0. The Morgan fingerprint density at radius 1 is 1.12 bits per heavy atom. The first-order valence-electron chi connectivity index (χ1n) is 6.18. The second-order valence-corrected chi connectivity index (χ2v) is 5.28. The summed E-state index contributed by atoms with van der Waals surface area (Å²) in [7, 11) is 0. The van der Waals surface area contributed by atoms with Crippen molar-refractivity contribution in [2.45, 2.75) is 46.5 Å². The lowest BCUT2D eigenvalue weighted by atomic mass is 9.90. The molecule has 0 radical (unpaired) electrons. The fraction of sp³-hybridized carbons (Fsp3) is 0.467. The van der Waals surface area contributed by atoms with E-state index in [4.69, 9.17) is 5.73 Å². The lowest BCUT2D eigenvalue weighted by Gasteiger charge is -2.21. The van der Waals surface area contributed by atoms with Gasteiger partial charge in [-0.25, -0.2) is 0 Å². The third-order valence-electron chi connectivity index (χ3n) is 2.87. The summed E-state index contributed by atoms with van der Waals surface area (Å²) in [6, 6.07) is 4.45. The molecule has 1 aromatic rings. The third kappa shape index (κ3) is 3.26. The number of benzene rings is 1. The number of hydrogen-bond acceptors (Lipinski definition) is 2. The van der Waals surface area contributed by atoms with E-state index in [2.05, 4.69) is 58.6 Å². The molecule has 0 heterocycles. The molecule has 0 spiro atoms. The zero-order chi connectivity index (χ0) is 13.2. The van der Waals surface area contributed by atoms with E-state index in [9.17, 15) is 0 Å². The van der Waals surface area contributed by atoms with E-state index in [0.29, 0.717) is 17.7 Å². The van der Waals surface area contributed by atoms with Crippen LogP contribution in [0.3, 0.4) is 0 Å². The van der Waals surface area contributed by atoms with Crippen molar-refractivity contribution < 1.29 is 0 Å². The summed E-state index contributed by atoms with van der Waals surface area (Å²) in [5, 5.41) is 3.22. The van der Waals surface area contributed by atoms with Gasteiger partial charge in [-0.05, 0) is 29.9 Å². The van der Waals surface area contributed by atoms with Gasteiger partial charge in [-0.15, -0.1) is 0 Å². The van der Waals surface area contributed by atoms with Gasteiger partial charge < -0.3 is 11.1 Å². The van der Waals surface area contributed by atoms with Crippen molar-refractivity contribution >= 4 is 5.69 Å². The smallest absolute Gasteiger partial charge is 0.0930 e. The molecule has 0 fully saturated rings. The van der Waals surface area contributed by atoms with Gasteiger partial charge in [-0.1, -0.05) is 52.0 Å². The molecule has 17 heavy (non-hydrogen) atoms. The van der Waals surface area contributed by atoms with Gasteiger partial charge in [0.2, 0.25) is 0 Å². The molecule has 0 saturated carbocycles. The highest BCUT2D eigenvalue weighted by Gasteiger charge is 2.14. The normalized spacial score (nSPS) is 11.0. The fourth-order valence-corrected chi connectivity index (χ4v) is 2.06. The van der Waals surface area contributed by atoms with Gasteiger partial charge in [-0.3, -0.25) is 0 Å². The number of nitrogens with one attached hydrogen (secondary N) is 1. The molecule has 0 aromatic heterocycles. The number of anilines is 1. The molecule has 0 aliphatic carbocycles. The van der Waals surface area contributed by atoms with Crippen molar-refractivity contribution in [2.75, 3.05) is 5.32 Å². The first-order chi connectivity index (χ1) is 7.82. The predicted octanol–water partition coefficient (Wildman–Crippen LogP) is 4.08. The van der Waals surface area contributed by atoms with Crippen LogP contribution < -0.4 is 11.1 Å². The van der Waals surface area contributed by atoms with Crippen LogP contribution in [0.4, 0.5) is 5.69 Å². The molecule has 0 saturated heterocycles. The van der Waals surface area contributed by atoms with Crippen molar-refractivity contribution in [2.24, 2.45) is 5.73 Å². The van der Waals surface area contributed by atoms with Crippen LogP contribution in [0, 0.1) is 6.92 Å². The standard InChI is InChI=1S/C15H24N2/c1-9(2)13-7-11(5)8-14(10(3)4)15(13)17-12(6)16/h7-10,17H,6,16H2,1-5H3. The van der Waals surface area contributed by atoms with Gasteiger partial charge in [0.1, 0.15) is 0 Å². The van der Waals surface area contributed by atoms with Crippen LogP contribution >= 0.6 is 0 Å². The van der Waals surface area contributed by atoms with E-state index in [0.717, 1.165) is 5.69 Å². The predicted molar refractivity (Wildman–Crippen MR) is 76.3 cm³/mol. The minimum atomic E-state index is 0.467. The first kappa shape index (κ1) is 13.6. The Bertz CT molecular complexity index is 388. The number of hydrogen-bond donors (Lipinski definition) is 2. The number of nitrogens with two attached hydrogens (primary N) is 1. The molecule has 3 N–H and O–H groups in total. The number of aryl methyl sites for hydroxylation is 1. The van der Waals surface area contributed by atoms with Gasteiger partial charge >= 0.3 is 0 Å². The lowest BCUT2D eigenvalue weighted by Crippen LogP contribution is -2.12. The first-order valence-corrected chi connectivity index (χ1v) is 6.18. The average Bonchev–Trinajstić information content (AvgIpc) is 2.18. The highest BCUT2D eigenvalue weighted by Crippen LogP contribution is 2.34. The molecule has 0 unspecified atom stereocenters. The summed E-state index contributed by atoms with van der Waals surface area (Å²) in [5.41, 5.74) is 10.7. The highest BCUT2D eigenvalue weighted by atomic mass is 15.0. The summed E-state index contributed by atoms with van der Waals surface area (Å²) in [5.74, 6) is 1.43. The van der Waals surface area contributed by atoms with Crippen LogP contribution in [0.1, 0.15) is 56.2 Å². The second-order valence-electron chi connectivity index (χ2n) is 5.28. The molecule has 2 heteroatoms. The van der Waals surface area contributed by atoms with Crippen molar-refractivity contribution in [1.82, 2.24) is 0 Å². The molecule has 0 atom stereocenters. The van der Waals surface area contributed by atoms with Crippen LogP contribution in [0.25, 0.3) is 0 Å². The Labute approximate surface area is 105 Å². The van der Waals surface area contributed by atoms with Crippen LogP contribution in [-0.2, 0) is 0 Å². The van der Waals surface area contributed by atoms with Crippen molar-refractivity contribution in [1.29, 1.82) is 0 Å². The second kappa shape index (κ2) is 5.26. The molecule has 0 bridgehead atoms. The minimum Gasteiger partial charge on any atom is -0.386 e. The molecule has 1 aromatic carbocycles. The quantitative estimate of drug-likeness (QED) is 0.820. The third-order valence-corrected chi connectivity index (χ3v) is 2.87. The Kier molecular flexibility index (Phi) is 4.22. The molecule has 0 aliphatic rings. The summed E-state index contributed by atoms with van der Waals surface area (Å²) >= 11 is 0. The molecule has 1 rings (SSSR count). The van der Waals surface area contributed by atoms with E-state index < -0.39 is 0 Å². The summed E-state index contributed by atoms with van der Waals surface area (Å²) in [6.07, 6.45) is 0. The van der Waals surface area contributed by atoms with Crippen LogP contribution in [-0.4, -0.2) is 0 Å². The maximum Gasteiger partial charge on any atom is 0.0930 e.